The highest BCUT2D eigenvalue weighted by molar-refractivity contribution is 5.72. The lowest BCUT2D eigenvalue weighted by Crippen LogP contribution is -2.36. The molecule has 0 aliphatic heterocycles. The summed E-state index contributed by atoms with van der Waals surface area (Å²) in [6.07, 6.45) is 22.7. The molecule has 3 fully saturated rings. The van der Waals surface area contributed by atoms with Crippen molar-refractivity contribution in [2.75, 3.05) is 0 Å². The molecule has 5 heterocycles. The van der Waals surface area contributed by atoms with Crippen molar-refractivity contribution in [1.29, 1.82) is 0 Å². The second-order valence-corrected chi connectivity index (χ2v) is 40.0. The van der Waals surface area contributed by atoms with E-state index in [0.29, 0.717) is 22.3 Å². The van der Waals surface area contributed by atoms with Crippen LogP contribution in [-0.4, -0.2) is 0 Å². The largest absolute Gasteiger partial charge is 0.216 e. The zero-order valence-corrected chi connectivity index (χ0v) is 72.8. The number of aromatic nitrogens is 5. The third-order valence-corrected chi connectivity index (χ3v) is 29.7. The van der Waals surface area contributed by atoms with Crippen molar-refractivity contribution in [1.82, 2.24) is 0 Å². The van der Waals surface area contributed by atoms with Gasteiger partial charge in [0, 0.05) is 102 Å². The Morgan fingerprint density at radius 2 is 0.745 bits per heavy atom. The highest BCUT2D eigenvalue weighted by atomic mass is 15.0. The Labute approximate surface area is 670 Å². The van der Waals surface area contributed by atoms with Gasteiger partial charge in [0.1, 0.15) is 35.2 Å². The third kappa shape index (κ3) is 13.0. The van der Waals surface area contributed by atoms with Crippen molar-refractivity contribution < 1.29 is 28.3 Å². The van der Waals surface area contributed by atoms with E-state index in [4.69, 9.17) is 4.11 Å². The van der Waals surface area contributed by atoms with Crippen LogP contribution in [0.1, 0.15) is 295 Å². The molecular formula is C105H134N5+5. The van der Waals surface area contributed by atoms with E-state index in [9.17, 15) is 1.37 Å². The van der Waals surface area contributed by atoms with E-state index in [1.54, 1.807) is 34.4 Å². The molecule has 574 valence electrons. The van der Waals surface area contributed by atoms with Gasteiger partial charge in [-0.3, -0.25) is 0 Å². The molecule has 110 heavy (non-hydrogen) atoms. The quantitative estimate of drug-likeness (QED) is 0.153. The first-order chi connectivity index (χ1) is 53.0. The maximum atomic E-state index is 9.30. The van der Waals surface area contributed by atoms with Gasteiger partial charge >= 0.3 is 0 Å². The van der Waals surface area contributed by atoms with Crippen molar-refractivity contribution >= 4 is 0 Å². The normalized spacial score (nSPS) is 24.3. The first-order valence-corrected chi connectivity index (χ1v) is 41.6. The van der Waals surface area contributed by atoms with Crippen LogP contribution in [0.3, 0.4) is 0 Å². The molecule has 0 radical (unpaired) electrons. The van der Waals surface area contributed by atoms with Crippen molar-refractivity contribution in [3.05, 3.63) is 264 Å². The molecule has 6 atom stereocenters. The second kappa shape index (κ2) is 27.6. The summed E-state index contributed by atoms with van der Waals surface area (Å²) in [5.41, 5.74) is 41.9. The van der Waals surface area contributed by atoms with Crippen molar-refractivity contribution in [2.45, 2.75) is 280 Å². The topological polar surface area (TPSA) is 19.4 Å². The van der Waals surface area contributed by atoms with Crippen LogP contribution < -0.4 is 22.8 Å². The zero-order valence-electron chi connectivity index (χ0n) is 76.8. The SMILES string of the molecule is Cc1ccc(-c2c3c(cc[n+]2C)C(C)(C)CC3(C)C)c(C)c1.Cc1ccc(-c2c3c(cc[n+]2C)C2CCC3C2)c(C)c1.Cc1ccc(-c2cc3c(c[n+]2C)C(C)(C)CC3(C)C)c(C)c1.Cc1ccc(-c2cc3c(c[n+]2C)C2(C)CCC3C2(C)C)c(C)c1.[2H]C([2H])([2H])c1ccc(-c2cc3c(c[n+]2C)C2(C)CCC3([2H])C2(C)C)c(C)c1. The van der Waals surface area contributed by atoms with E-state index >= 15 is 0 Å². The van der Waals surface area contributed by atoms with E-state index in [1.165, 1.54) is 162 Å². The van der Waals surface area contributed by atoms with Crippen LogP contribution in [0.2, 0.25) is 0 Å². The number of benzene rings is 5. The molecule has 8 aliphatic rings. The van der Waals surface area contributed by atoms with E-state index in [0.717, 1.165) is 47.1 Å². The van der Waals surface area contributed by atoms with Crippen LogP contribution in [0.15, 0.2) is 152 Å². The molecule has 3 saturated carbocycles. The summed E-state index contributed by atoms with van der Waals surface area (Å²) in [6.45, 7) is 50.7. The summed E-state index contributed by atoms with van der Waals surface area (Å²) in [6, 6.07) is 44.4. The molecule has 6 bridgehead atoms. The average Bonchev–Trinajstić information content (AvgIpc) is 1.51. The van der Waals surface area contributed by atoms with E-state index in [2.05, 4.69) is 337 Å². The molecule has 6 unspecified atom stereocenters. The van der Waals surface area contributed by atoms with Gasteiger partial charge < -0.3 is 0 Å². The zero-order chi connectivity index (χ0) is 83.0. The van der Waals surface area contributed by atoms with Gasteiger partial charge in [0.15, 0.2) is 31.0 Å². The Kier molecular flexibility index (Phi) is 18.4. The van der Waals surface area contributed by atoms with Gasteiger partial charge in [-0.25, -0.2) is 22.8 Å². The fourth-order valence-corrected chi connectivity index (χ4v) is 23.6. The summed E-state index contributed by atoms with van der Waals surface area (Å²) < 4.78 is 43.6. The van der Waals surface area contributed by atoms with Gasteiger partial charge in [-0.15, -0.1) is 0 Å². The summed E-state index contributed by atoms with van der Waals surface area (Å²) in [5, 5.41) is 0. The predicted molar refractivity (Wildman–Crippen MR) is 460 cm³/mol. The number of rotatable bonds is 5. The molecule has 10 aromatic rings. The van der Waals surface area contributed by atoms with Gasteiger partial charge in [-0.2, -0.15) is 0 Å². The monoisotopic (exact) mass is 1470 g/mol. The van der Waals surface area contributed by atoms with E-state index < -0.39 is 12.7 Å². The molecule has 5 aromatic heterocycles. The summed E-state index contributed by atoms with van der Waals surface area (Å²) >= 11 is 0. The smallest absolute Gasteiger partial charge is 0.201 e. The number of fused-ring (bicyclic) bond motifs is 17. The predicted octanol–water partition coefficient (Wildman–Crippen LogP) is 23.6. The third-order valence-electron chi connectivity index (χ3n) is 29.7. The molecule has 0 saturated heterocycles. The molecule has 0 spiro atoms. The summed E-state index contributed by atoms with van der Waals surface area (Å²) in [4.78, 5) is 0. The fourth-order valence-electron chi connectivity index (χ4n) is 23.6. The first-order valence-electron chi connectivity index (χ1n) is 43.6. The van der Waals surface area contributed by atoms with Gasteiger partial charge in [0.05, 0.1) is 0 Å². The number of hydrogen-bond acceptors (Lipinski definition) is 0. The van der Waals surface area contributed by atoms with Crippen LogP contribution in [0.5, 0.6) is 0 Å². The van der Waals surface area contributed by atoms with Crippen molar-refractivity contribution in [2.24, 2.45) is 46.1 Å². The molecule has 8 aliphatic carbocycles. The van der Waals surface area contributed by atoms with Crippen LogP contribution in [0.25, 0.3) is 56.3 Å². The lowest BCUT2D eigenvalue weighted by Gasteiger charge is -2.34. The van der Waals surface area contributed by atoms with Crippen molar-refractivity contribution in [3.63, 3.8) is 0 Å². The average molecular weight is 1470 g/mol. The minimum Gasteiger partial charge on any atom is -0.201 e. The molecule has 18 rings (SSSR count). The van der Waals surface area contributed by atoms with Crippen LogP contribution in [-0.2, 0) is 67.7 Å². The number of hydrogen-bond donors (Lipinski definition) is 0. The van der Waals surface area contributed by atoms with E-state index in [1.807, 2.05) is 20.0 Å². The minimum absolute atomic E-state index is 0.0283. The summed E-state index contributed by atoms with van der Waals surface area (Å²) in [5.74, 6) is 1.79. The van der Waals surface area contributed by atoms with Crippen LogP contribution in [0.4, 0.5) is 0 Å². The maximum Gasteiger partial charge on any atom is 0.216 e. The fraction of sp³-hybridized carbons (Fsp3) is 0.476. The highest BCUT2D eigenvalue weighted by Crippen LogP contribution is 2.69. The molecule has 5 heteroatoms. The Hall–Kier alpha value is -8.15. The number of nitrogens with zero attached hydrogens (tertiary/aromatic N) is 5. The molecular weight excluding hydrogens is 1330 g/mol. The highest BCUT2D eigenvalue weighted by Gasteiger charge is 2.62. The van der Waals surface area contributed by atoms with E-state index in [-0.39, 0.29) is 32.5 Å². The van der Waals surface area contributed by atoms with Gasteiger partial charge in [-0.05, 0) is 269 Å². The Balaban J connectivity index is 0.000000118. The van der Waals surface area contributed by atoms with Gasteiger partial charge in [0.25, 0.3) is 0 Å². The lowest BCUT2D eigenvalue weighted by atomic mass is 9.69. The van der Waals surface area contributed by atoms with Crippen LogP contribution >= 0.6 is 0 Å². The molecule has 5 aromatic carbocycles. The van der Waals surface area contributed by atoms with Gasteiger partial charge in [0.2, 0.25) is 28.5 Å². The van der Waals surface area contributed by atoms with Gasteiger partial charge in [-0.1, -0.05) is 185 Å². The molecule has 5 nitrogen and oxygen atoms in total. The Morgan fingerprint density at radius 3 is 1.27 bits per heavy atom. The lowest BCUT2D eigenvalue weighted by molar-refractivity contribution is -0.661. The van der Waals surface area contributed by atoms with Crippen LogP contribution in [0, 0.1) is 80.0 Å². The minimum atomic E-state index is -2.09. The summed E-state index contributed by atoms with van der Waals surface area (Å²) in [7, 11) is 10.8. The Morgan fingerprint density at radius 1 is 0.345 bits per heavy atom. The first kappa shape index (κ1) is 73.3. The molecule has 0 amide bonds. The Bertz CT molecular complexity index is 5560. The standard InChI is InChI=1S/2C22H28N.2C21H28N.C19H22N/c2*1-14-7-8-16(15(2)11-14)20-12-17-18-9-10-22(5,21(18,3)4)19(17)13-23(20)6;1-14-8-9-16(15(2)10-14)19-11-17-18(12-22(19)7)21(5,6)13-20(17,3)4;1-14-8-9-16(15(2)12-14)19-18-17(10-11-22(19)7)20(3,4)13-21(18,5)6;1-12-4-7-16(13(2)10-12)19-18-15-6-5-14(11-15)17(18)8-9-20(19)3/h2*7-8,11-13,18H,9-10H2,1-6H3;2*8-12H,13H2,1-7H3;4,7-10,14-15H,5-6,11H2,1-3H3/q5*+1/i1D3,18D;;;;. The number of aryl methyl sites for hydroxylation is 15. The van der Waals surface area contributed by atoms with Crippen molar-refractivity contribution in [3.8, 4) is 56.3 Å². The molecule has 0 N–H and O–H groups in total. The second-order valence-electron chi connectivity index (χ2n) is 40.0. The number of pyridine rings is 5. The maximum absolute atomic E-state index is 9.30.